The van der Waals surface area contributed by atoms with Gasteiger partial charge in [0.25, 0.3) is 0 Å². The lowest BCUT2D eigenvalue weighted by atomic mass is 10.1. The van der Waals surface area contributed by atoms with E-state index in [9.17, 15) is 4.79 Å². The molecule has 9 heavy (non-hydrogen) atoms. The molecule has 0 spiro atoms. The van der Waals surface area contributed by atoms with E-state index in [1.165, 1.54) is 0 Å². The fraction of sp³-hybridized carbons (Fsp3) is 0.667. The van der Waals surface area contributed by atoms with Gasteiger partial charge in [-0.2, -0.15) is 4.79 Å². The molecule has 0 aromatic rings. The minimum Gasteiger partial charge on any atom is -0.361 e. The molecule has 0 N–H and O–H groups in total. The van der Waals surface area contributed by atoms with Crippen molar-refractivity contribution in [2.45, 2.75) is 20.3 Å². The van der Waals surface area contributed by atoms with Gasteiger partial charge in [-0.25, -0.2) is 0 Å². The second kappa shape index (κ2) is 3.98. The number of Topliss-reactive ketones (excluding diaryl/α,β-unsaturated/α-hetero) is 1. The summed E-state index contributed by atoms with van der Waals surface area (Å²) in [5, 5.41) is 0. The van der Waals surface area contributed by atoms with Crippen molar-refractivity contribution in [2.75, 3.05) is 0 Å². The summed E-state index contributed by atoms with van der Waals surface area (Å²) in [6.45, 7) is 3.71. The number of carbonyl (C=O) groups is 1. The van der Waals surface area contributed by atoms with Crippen LogP contribution in [0.4, 0.5) is 0 Å². The summed E-state index contributed by atoms with van der Waals surface area (Å²) in [4.78, 5) is 13.3. The molecule has 0 rings (SSSR count). The summed E-state index contributed by atoms with van der Waals surface area (Å²) in [6, 6.07) is 0. The monoisotopic (exact) mass is 126 g/mol. The van der Waals surface area contributed by atoms with Gasteiger partial charge >= 0.3 is 6.21 Å². The van der Waals surface area contributed by atoms with Crippen LogP contribution in [-0.4, -0.2) is 16.8 Å². The average Bonchev–Trinajstić information content (AvgIpc) is 1.87. The van der Waals surface area contributed by atoms with Gasteiger partial charge in [-0.05, 0) is 6.42 Å². The van der Waals surface area contributed by atoms with E-state index in [4.69, 9.17) is 5.53 Å². The highest BCUT2D eigenvalue weighted by atomic mass is 16.1. The Kier molecular flexibility index (Phi) is 3.56. The van der Waals surface area contributed by atoms with Gasteiger partial charge < -0.3 is 5.53 Å². The van der Waals surface area contributed by atoms with Gasteiger partial charge in [0.15, 0.2) is 0 Å². The zero-order chi connectivity index (χ0) is 7.28. The summed E-state index contributed by atoms with van der Waals surface area (Å²) in [7, 11) is 0. The van der Waals surface area contributed by atoms with Gasteiger partial charge in [-0.3, -0.25) is 4.79 Å². The summed E-state index contributed by atoms with van der Waals surface area (Å²) in [5.41, 5.74) is 7.93. The molecule has 0 unspecified atom stereocenters. The van der Waals surface area contributed by atoms with Crippen molar-refractivity contribution in [3.63, 3.8) is 0 Å². The standard InChI is InChI=1S/C6H10N2O/c1-3-5(2)6(9)4-8-7/h4-5H,3H2,1-2H3/t5-/m0/s1. The molecule has 0 radical (unpaired) electrons. The van der Waals surface area contributed by atoms with Crippen LogP contribution in [0.1, 0.15) is 20.3 Å². The third-order valence-corrected chi connectivity index (χ3v) is 1.28. The predicted octanol–water partition coefficient (Wildman–Crippen LogP) is 0.902. The van der Waals surface area contributed by atoms with E-state index in [0.29, 0.717) is 0 Å². The molecule has 3 heteroatoms. The third-order valence-electron chi connectivity index (χ3n) is 1.28. The number of hydrogen-bond acceptors (Lipinski definition) is 1. The first kappa shape index (κ1) is 8.05. The quantitative estimate of drug-likeness (QED) is 0.315. The number of rotatable bonds is 3. The van der Waals surface area contributed by atoms with Crippen LogP contribution >= 0.6 is 0 Å². The smallest absolute Gasteiger partial charge is 0.323 e. The van der Waals surface area contributed by atoms with Gasteiger partial charge in [0.1, 0.15) is 0 Å². The van der Waals surface area contributed by atoms with Crippen molar-refractivity contribution in [3.05, 3.63) is 5.53 Å². The Bertz CT molecular complexity index is 147. The SMILES string of the molecule is CC[C@H](C)C(=O)C=[N+]=[N-]. The van der Waals surface area contributed by atoms with Crippen molar-refractivity contribution in [3.8, 4) is 0 Å². The average molecular weight is 126 g/mol. The lowest BCUT2D eigenvalue weighted by Gasteiger charge is -1.95. The maximum atomic E-state index is 10.7. The van der Waals surface area contributed by atoms with Gasteiger partial charge in [0, 0.05) is 5.92 Å². The molecular weight excluding hydrogens is 116 g/mol. The largest absolute Gasteiger partial charge is 0.361 e. The molecule has 0 bridgehead atoms. The molecule has 0 fully saturated rings. The minimum absolute atomic E-state index is 0.0269. The Morgan fingerprint density at radius 1 is 1.89 bits per heavy atom. The van der Waals surface area contributed by atoms with E-state index < -0.39 is 0 Å². The first-order chi connectivity index (χ1) is 4.22. The van der Waals surface area contributed by atoms with Crippen LogP contribution < -0.4 is 0 Å². The minimum atomic E-state index is -0.125. The molecule has 50 valence electrons. The highest BCUT2D eigenvalue weighted by Gasteiger charge is 2.10. The molecular formula is C6H10N2O. The zero-order valence-corrected chi connectivity index (χ0v) is 5.66. The summed E-state index contributed by atoms with van der Waals surface area (Å²) < 4.78 is 0. The Morgan fingerprint density at radius 2 is 2.44 bits per heavy atom. The molecule has 0 aliphatic rings. The van der Waals surface area contributed by atoms with E-state index in [1.54, 1.807) is 6.92 Å². The van der Waals surface area contributed by atoms with Crippen LogP contribution in [0, 0.1) is 5.92 Å². The molecule has 0 aliphatic carbocycles. The Hall–Kier alpha value is -0.950. The van der Waals surface area contributed by atoms with Crippen molar-refractivity contribution < 1.29 is 9.58 Å². The van der Waals surface area contributed by atoms with Crippen molar-refractivity contribution in [1.29, 1.82) is 0 Å². The first-order valence-corrected chi connectivity index (χ1v) is 2.93. The van der Waals surface area contributed by atoms with Crippen molar-refractivity contribution in [1.82, 2.24) is 0 Å². The van der Waals surface area contributed by atoms with Gasteiger partial charge in [0.05, 0.1) is 0 Å². The molecule has 0 aliphatic heterocycles. The fourth-order valence-corrected chi connectivity index (χ4v) is 0.385. The Balaban J connectivity index is 3.87. The van der Waals surface area contributed by atoms with Crippen LogP contribution in [0.5, 0.6) is 0 Å². The predicted molar refractivity (Wildman–Crippen MR) is 34.1 cm³/mol. The molecule has 0 aromatic carbocycles. The molecule has 0 aromatic heterocycles. The normalized spacial score (nSPS) is 11.8. The second-order valence-corrected chi connectivity index (χ2v) is 1.96. The Morgan fingerprint density at radius 3 is 2.78 bits per heavy atom. The van der Waals surface area contributed by atoms with Crippen LogP contribution in [-0.2, 0) is 4.79 Å². The molecule has 0 heterocycles. The first-order valence-electron chi connectivity index (χ1n) is 2.93. The molecule has 1 atom stereocenters. The Labute approximate surface area is 54.3 Å². The van der Waals surface area contributed by atoms with E-state index in [-0.39, 0.29) is 11.7 Å². The van der Waals surface area contributed by atoms with Crippen LogP contribution in [0.3, 0.4) is 0 Å². The second-order valence-electron chi connectivity index (χ2n) is 1.96. The summed E-state index contributed by atoms with van der Waals surface area (Å²) in [6.07, 6.45) is 1.72. The van der Waals surface area contributed by atoms with Crippen LogP contribution in [0.15, 0.2) is 0 Å². The highest BCUT2D eigenvalue weighted by molar-refractivity contribution is 6.26. The third kappa shape index (κ3) is 2.77. The lowest BCUT2D eigenvalue weighted by Crippen LogP contribution is -2.10. The van der Waals surface area contributed by atoms with E-state index in [1.807, 2.05) is 6.92 Å². The molecule has 0 amide bonds. The van der Waals surface area contributed by atoms with Crippen molar-refractivity contribution >= 4 is 12.0 Å². The van der Waals surface area contributed by atoms with Gasteiger partial charge in [-0.15, -0.1) is 0 Å². The zero-order valence-electron chi connectivity index (χ0n) is 5.66. The van der Waals surface area contributed by atoms with Crippen LogP contribution in [0.25, 0.3) is 5.53 Å². The van der Waals surface area contributed by atoms with E-state index >= 15 is 0 Å². The number of ketones is 1. The number of hydrogen-bond donors (Lipinski definition) is 0. The summed E-state index contributed by atoms with van der Waals surface area (Å²) in [5.74, 6) is -0.152. The maximum absolute atomic E-state index is 10.7. The van der Waals surface area contributed by atoms with E-state index in [2.05, 4.69) is 4.79 Å². The summed E-state index contributed by atoms with van der Waals surface area (Å²) >= 11 is 0. The van der Waals surface area contributed by atoms with E-state index in [0.717, 1.165) is 12.6 Å². The maximum Gasteiger partial charge on any atom is 0.323 e. The molecule has 3 nitrogen and oxygen atoms in total. The number of carbonyl (C=O) groups excluding carboxylic acids is 1. The highest BCUT2D eigenvalue weighted by Crippen LogP contribution is 1.98. The van der Waals surface area contributed by atoms with Crippen LogP contribution in [0.2, 0.25) is 0 Å². The molecule has 0 saturated heterocycles. The number of nitrogens with zero attached hydrogens (tertiary/aromatic N) is 2. The van der Waals surface area contributed by atoms with Gasteiger partial charge in [-0.1, -0.05) is 13.8 Å². The topological polar surface area (TPSA) is 53.5 Å². The molecule has 0 saturated carbocycles. The lowest BCUT2D eigenvalue weighted by molar-refractivity contribution is -0.119. The fourth-order valence-electron chi connectivity index (χ4n) is 0.385. The van der Waals surface area contributed by atoms with Gasteiger partial charge in [0.2, 0.25) is 5.78 Å². The van der Waals surface area contributed by atoms with Crippen molar-refractivity contribution in [2.24, 2.45) is 5.92 Å².